The molecular formula is C23H23N3O3. The highest BCUT2D eigenvalue weighted by Crippen LogP contribution is 2.32. The maximum Gasteiger partial charge on any atom is 0.258 e. The van der Waals surface area contributed by atoms with E-state index in [1.807, 2.05) is 64.3 Å². The zero-order valence-electron chi connectivity index (χ0n) is 16.2. The molecule has 29 heavy (non-hydrogen) atoms. The normalized spacial score (nSPS) is 18.3. The highest BCUT2D eigenvalue weighted by molar-refractivity contribution is 6.00. The predicted octanol–water partition coefficient (Wildman–Crippen LogP) is 3.59. The van der Waals surface area contributed by atoms with Gasteiger partial charge in [0.15, 0.2) is 0 Å². The third-order valence-corrected chi connectivity index (χ3v) is 5.50. The fourth-order valence-corrected chi connectivity index (χ4v) is 3.99. The molecule has 148 valence electrons. The average molecular weight is 389 g/mol. The van der Waals surface area contributed by atoms with E-state index in [-0.39, 0.29) is 12.0 Å². The van der Waals surface area contributed by atoms with Crippen LogP contribution in [0, 0.1) is 0 Å². The molecule has 1 saturated heterocycles. The van der Waals surface area contributed by atoms with E-state index in [1.54, 1.807) is 6.20 Å². The van der Waals surface area contributed by atoms with Gasteiger partial charge in [0.25, 0.3) is 5.91 Å². The summed E-state index contributed by atoms with van der Waals surface area (Å²) in [5.74, 6) is 0.693. The maximum absolute atomic E-state index is 13.1. The summed E-state index contributed by atoms with van der Waals surface area (Å²) in [6.07, 6.45) is 5.89. The van der Waals surface area contributed by atoms with Gasteiger partial charge in [-0.15, -0.1) is 0 Å². The lowest BCUT2D eigenvalue weighted by Crippen LogP contribution is -2.24. The Morgan fingerprint density at radius 2 is 2.03 bits per heavy atom. The summed E-state index contributed by atoms with van der Waals surface area (Å²) in [7, 11) is 0. The quantitative estimate of drug-likeness (QED) is 0.647. The Labute approximate surface area is 169 Å². The van der Waals surface area contributed by atoms with Crippen LogP contribution in [0.4, 0.5) is 0 Å². The van der Waals surface area contributed by atoms with Crippen molar-refractivity contribution in [3.8, 4) is 11.4 Å². The van der Waals surface area contributed by atoms with E-state index < -0.39 is 0 Å². The van der Waals surface area contributed by atoms with E-state index in [1.165, 1.54) is 0 Å². The number of rotatable bonds is 6. The third-order valence-electron chi connectivity index (χ3n) is 5.50. The van der Waals surface area contributed by atoms with Crippen LogP contribution in [0.15, 0.2) is 60.9 Å². The lowest BCUT2D eigenvalue weighted by atomic mass is 10.1. The fourth-order valence-electron chi connectivity index (χ4n) is 3.99. The van der Waals surface area contributed by atoms with Crippen molar-refractivity contribution in [2.45, 2.75) is 32.0 Å². The van der Waals surface area contributed by atoms with Crippen LogP contribution >= 0.6 is 0 Å². The van der Waals surface area contributed by atoms with Crippen LogP contribution in [0.25, 0.3) is 5.69 Å². The molecule has 1 aromatic heterocycles. The highest BCUT2D eigenvalue weighted by atomic mass is 16.5. The number of hydrogen-bond donors (Lipinski definition) is 0. The van der Waals surface area contributed by atoms with Crippen LogP contribution in [0.5, 0.6) is 5.75 Å². The van der Waals surface area contributed by atoms with Gasteiger partial charge in [0.05, 0.1) is 17.4 Å². The first kappa shape index (κ1) is 17.9. The summed E-state index contributed by atoms with van der Waals surface area (Å²) in [4.78, 5) is 14.9. The standard InChI is InChI=1S/C23H23N3O3/c27-23-22-18(4-1-6-21(22)29-16-20-5-2-13-28-20)15-25(23)14-17-7-9-19(10-8-17)26-12-3-11-24-26/h1,3-4,6-12,20H,2,5,13-16H2. The van der Waals surface area contributed by atoms with Crippen LogP contribution in [0.1, 0.15) is 34.3 Å². The minimum Gasteiger partial charge on any atom is -0.490 e. The molecule has 3 aromatic rings. The molecule has 0 radical (unpaired) electrons. The van der Waals surface area contributed by atoms with Gasteiger partial charge in [-0.05, 0) is 48.2 Å². The lowest BCUT2D eigenvalue weighted by molar-refractivity contribution is 0.0659. The summed E-state index contributed by atoms with van der Waals surface area (Å²) in [6.45, 7) is 2.47. The minimum atomic E-state index is 0.0269. The Balaban J connectivity index is 1.28. The largest absolute Gasteiger partial charge is 0.490 e. The summed E-state index contributed by atoms with van der Waals surface area (Å²) in [5, 5.41) is 4.24. The van der Waals surface area contributed by atoms with Gasteiger partial charge in [-0.2, -0.15) is 5.10 Å². The molecule has 2 aliphatic heterocycles. The number of carbonyl (C=O) groups excluding carboxylic acids is 1. The average Bonchev–Trinajstić information content (AvgIpc) is 3.50. The van der Waals surface area contributed by atoms with Gasteiger partial charge in [0.2, 0.25) is 0 Å². The zero-order chi connectivity index (χ0) is 19.6. The Bertz CT molecular complexity index is 993. The molecule has 6 nitrogen and oxygen atoms in total. The van der Waals surface area contributed by atoms with E-state index in [4.69, 9.17) is 9.47 Å². The van der Waals surface area contributed by atoms with Crippen molar-refractivity contribution in [1.29, 1.82) is 0 Å². The summed E-state index contributed by atoms with van der Waals surface area (Å²) < 4.78 is 13.4. The van der Waals surface area contributed by atoms with Crippen LogP contribution in [-0.4, -0.2) is 39.9 Å². The second-order valence-electron chi connectivity index (χ2n) is 7.51. The number of benzene rings is 2. The van der Waals surface area contributed by atoms with Crippen molar-refractivity contribution in [2.24, 2.45) is 0 Å². The van der Waals surface area contributed by atoms with Gasteiger partial charge in [-0.3, -0.25) is 4.79 Å². The van der Waals surface area contributed by atoms with Crippen LogP contribution in [-0.2, 0) is 17.8 Å². The Morgan fingerprint density at radius 3 is 2.79 bits per heavy atom. The summed E-state index contributed by atoms with van der Waals surface area (Å²) >= 11 is 0. The van der Waals surface area contributed by atoms with Crippen molar-refractivity contribution < 1.29 is 14.3 Å². The van der Waals surface area contributed by atoms with Gasteiger partial charge < -0.3 is 14.4 Å². The van der Waals surface area contributed by atoms with Crippen molar-refractivity contribution in [1.82, 2.24) is 14.7 Å². The topological polar surface area (TPSA) is 56.6 Å². The van der Waals surface area contributed by atoms with Crippen LogP contribution in [0.3, 0.4) is 0 Å². The number of ether oxygens (including phenoxy) is 2. The molecule has 0 saturated carbocycles. The molecular weight excluding hydrogens is 366 g/mol. The molecule has 2 aliphatic rings. The molecule has 6 heteroatoms. The second kappa shape index (κ2) is 7.72. The van der Waals surface area contributed by atoms with E-state index >= 15 is 0 Å². The Kier molecular flexibility index (Phi) is 4.77. The molecule has 0 spiro atoms. The van der Waals surface area contributed by atoms with E-state index in [0.717, 1.165) is 36.3 Å². The minimum absolute atomic E-state index is 0.0269. The Morgan fingerprint density at radius 1 is 1.14 bits per heavy atom. The van der Waals surface area contributed by atoms with Crippen molar-refractivity contribution >= 4 is 5.91 Å². The first-order chi connectivity index (χ1) is 14.3. The zero-order valence-corrected chi connectivity index (χ0v) is 16.2. The molecule has 3 heterocycles. The SMILES string of the molecule is O=C1c2c(cccc2OCC2CCCO2)CN1Cc1ccc(-n2cccn2)cc1. The lowest BCUT2D eigenvalue weighted by Gasteiger charge is -2.16. The van der Waals surface area contributed by atoms with Crippen LogP contribution in [0.2, 0.25) is 0 Å². The van der Waals surface area contributed by atoms with E-state index in [9.17, 15) is 4.79 Å². The van der Waals surface area contributed by atoms with Gasteiger partial charge in [0, 0.05) is 32.1 Å². The molecule has 0 aliphatic carbocycles. The third kappa shape index (κ3) is 3.63. The molecule has 2 aromatic carbocycles. The van der Waals surface area contributed by atoms with Crippen molar-refractivity contribution in [2.75, 3.05) is 13.2 Å². The van der Waals surface area contributed by atoms with Gasteiger partial charge in [-0.25, -0.2) is 4.68 Å². The van der Waals surface area contributed by atoms with Gasteiger partial charge >= 0.3 is 0 Å². The first-order valence-electron chi connectivity index (χ1n) is 10.0. The summed E-state index contributed by atoms with van der Waals surface area (Å²) in [6, 6.07) is 15.9. The molecule has 0 bridgehead atoms. The monoisotopic (exact) mass is 389 g/mol. The number of fused-ring (bicyclic) bond motifs is 1. The number of hydrogen-bond acceptors (Lipinski definition) is 4. The maximum atomic E-state index is 13.1. The number of amides is 1. The van der Waals surface area contributed by atoms with Crippen molar-refractivity contribution in [3.63, 3.8) is 0 Å². The summed E-state index contributed by atoms with van der Waals surface area (Å²) in [5.41, 5.74) is 3.80. The van der Waals surface area contributed by atoms with Gasteiger partial charge in [-0.1, -0.05) is 24.3 Å². The predicted molar refractivity (Wildman–Crippen MR) is 108 cm³/mol. The molecule has 1 atom stereocenters. The number of carbonyl (C=O) groups is 1. The van der Waals surface area contributed by atoms with E-state index in [2.05, 4.69) is 5.10 Å². The molecule has 5 rings (SSSR count). The number of nitrogens with zero attached hydrogens (tertiary/aromatic N) is 3. The molecule has 1 fully saturated rings. The number of aromatic nitrogens is 2. The molecule has 1 amide bonds. The van der Waals surface area contributed by atoms with Gasteiger partial charge in [0.1, 0.15) is 12.4 Å². The molecule has 0 N–H and O–H groups in total. The van der Waals surface area contributed by atoms with E-state index in [0.29, 0.717) is 31.0 Å². The van der Waals surface area contributed by atoms with Crippen molar-refractivity contribution in [3.05, 3.63) is 77.6 Å². The van der Waals surface area contributed by atoms with Crippen LogP contribution < -0.4 is 4.74 Å². The smallest absolute Gasteiger partial charge is 0.258 e. The fraction of sp³-hybridized carbons (Fsp3) is 0.304. The first-order valence-corrected chi connectivity index (χ1v) is 10.0. The second-order valence-corrected chi connectivity index (χ2v) is 7.51. The highest BCUT2D eigenvalue weighted by Gasteiger charge is 2.31. The molecule has 1 unspecified atom stereocenters. The Hall–Kier alpha value is -3.12.